The number of hydrogen-bond acceptors (Lipinski definition) is 6. The van der Waals surface area contributed by atoms with Crippen molar-refractivity contribution in [3.05, 3.63) is 66.0 Å². The number of aromatic nitrogens is 1. The van der Waals surface area contributed by atoms with Gasteiger partial charge in [-0.05, 0) is 17.2 Å². The number of ether oxygens (including phenoxy) is 1. The SMILES string of the molecule is COC(=O)[C@]1(Cc2ccccc2)N[C@H](c2cccnc2)[C@@H]2C(=O)N(C)C(=O)[C@@H]21. The van der Waals surface area contributed by atoms with Crippen LogP contribution < -0.4 is 5.32 Å². The summed E-state index contributed by atoms with van der Waals surface area (Å²) in [5.41, 5.74) is 0.298. The van der Waals surface area contributed by atoms with E-state index in [9.17, 15) is 14.4 Å². The summed E-state index contributed by atoms with van der Waals surface area (Å²) in [5, 5.41) is 3.32. The standard InChI is InChI=1S/C21H21N3O4/c1-24-18(25)15-16(19(24)26)21(20(27)28-2,11-13-7-4-3-5-8-13)23-17(15)14-9-6-10-22-12-14/h3-10,12,15-17,23H,11H2,1-2H3/t15-,16-,17-,21-/m1/s1. The van der Waals surface area contributed by atoms with Crippen LogP contribution in [-0.2, 0) is 25.5 Å². The van der Waals surface area contributed by atoms with E-state index in [0.29, 0.717) is 0 Å². The summed E-state index contributed by atoms with van der Waals surface area (Å²) >= 11 is 0. The van der Waals surface area contributed by atoms with Gasteiger partial charge in [0.2, 0.25) is 11.8 Å². The van der Waals surface area contributed by atoms with Crippen LogP contribution in [0.2, 0.25) is 0 Å². The summed E-state index contributed by atoms with van der Waals surface area (Å²) < 4.78 is 5.12. The maximum absolute atomic E-state index is 13.0. The third-order valence-electron chi connectivity index (χ3n) is 5.79. The number of amides is 2. The first-order valence-electron chi connectivity index (χ1n) is 9.11. The van der Waals surface area contributed by atoms with Crippen molar-refractivity contribution in [2.24, 2.45) is 11.8 Å². The zero-order chi connectivity index (χ0) is 19.9. The molecule has 0 spiro atoms. The number of pyridine rings is 1. The van der Waals surface area contributed by atoms with Crippen molar-refractivity contribution in [3.63, 3.8) is 0 Å². The molecule has 1 aromatic heterocycles. The highest BCUT2D eigenvalue weighted by Crippen LogP contribution is 2.49. The van der Waals surface area contributed by atoms with Gasteiger partial charge in [0.15, 0.2) is 0 Å². The molecule has 1 aromatic carbocycles. The van der Waals surface area contributed by atoms with Gasteiger partial charge in [-0.1, -0.05) is 36.4 Å². The van der Waals surface area contributed by atoms with Crippen LogP contribution in [-0.4, -0.2) is 47.4 Å². The third kappa shape index (κ3) is 2.62. The minimum atomic E-state index is -1.33. The molecule has 2 aliphatic heterocycles. The lowest BCUT2D eigenvalue weighted by molar-refractivity contribution is -0.153. The molecule has 0 bridgehead atoms. The number of benzene rings is 1. The second-order valence-electron chi connectivity index (χ2n) is 7.27. The maximum atomic E-state index is 13.0. The molecule has 2 fully saturated rings. The lowest BCUT2D eigenvalue weighted by atomic mass is 9.76. The topological polar surface area (TPSA) is 88.6 Å². The highest BCUT2D eigenvalue weighted by Gasteiger charge is 2.68. The van der Waals surface area contributed by atoms with Crippen molar-refractivity contribution in [2.45, 2.75) is 18.0 Å². The fourth-order valence-electron chi connectivity index (χ4n) is 4.52. The number of hydrogen-bond donors (Lipinski definition) is 1. The van der Waals surface area contributed by atoms with Crippen molar-refractivity contribution in [3.8, 4) is 0 Å². The molecule has 2 saturated heterocycles. The van der Waals surface area contributed by atoms with Gasteiger partial charge in [0, 0.05) is 31.9 Å². The normalized spacial score (nSPS) is 29.1. The molecule has 0 unspecified atom stereocenters. The average Bonchev–Trinajstić information content (AvgIpc) is 3.19. The molecule has 3 heterocycles. The van der Waals surface area contributed by atoms with Crippen molar-refractivity contribution in [1.29, 1.82) is 0 Å². The Kier molecular flexibility index (Phi) is 4.47. The van der Waals surface area contributed by atoms with Gasteiger partial charge in [0.05, 0.1) is 18.9 Å². The molecule has 4 atom stereocenters. The molecular weight excluding hydrogens is 358 g/mol. The number of esters is 1. The Labute approximate surface area is 162 Å². The zero-order valence-electron chi connectivity index (χ0n) is 15.7. The van der Waals surface area contributed by atoms with Gasteiger partial charge in [0.25, 0.3) is 0 Å². The van der Waals surface area contributed by atoms with E-state index in [2.05, 4.69) is 10.3 Å². The number of imide groups is 1. The molecule has 0 saturated carbocycles. The number of nitrogens with zero attached hydrogens (tertiary/aromatic N) is 2. The molecule has 0 radical (unpaired) electrons. The van der Waals surface area contributed by atoms with E-state index < -0.39 is 29.4 Å². The van der Waals surface area contributed by atoms with E-state index in [4.69, 9.17) is 4.74 Å². The predicted molar refractivity (Wildman–Crippen MR) is 99.8 cm³/mol. The first kappa shape index (κ1) is 18.3. The largest absolute Gasteiger partial charge is 0.468 e. The highest BCUT2D eigenvalue weighted by molar-refractivity contribution is 6.09. The molecule has 144 valence electrons. The quantitative estimate of drug-likeness (QED) is 0.632. The molecule has 7 nitrogen and oxygen atoms in total. The van der Waals surface area contributed by atoms with Gasteiger partial charge < -0.3 is 4.74 Å². The van der Waals surface area contributed by atoms with Crippen LogP contribution in [0.3, 0.4) is 0 Å². The van der Waals surface area contributed by atoms with Crippen LogP contribution in [0.1, 0.15) is 17.2 Å². The number of carbonyl (C=O) groups is 3. The fraction of sp³-hybridized carbons (Fsp3) is 0.333. The average molecular weight is 379 g/mol. The minimum absolute atomic E-state index is 0.241. The Bertz CT molecular complexity index is 918. The summed E-state index contributed by atoms with van der Waals surface area (Å²) in [6, 6.07) is 12.5. The summed E-state index contributed by atoms with van der Waals surface area (Å²) in [6.45, 7) is 0. The van der Waals surface area contributed by atoms with E-state index in [-0.39, 0.29) is 18.2 Å². The monoisotopic (exact) mass is 379 g/mol. The molecular formula is C21H21N3O4. The molecule has 4 rings (SSSR count). The van der Waals surface area contributed by atoms with Gasteiger partial charge >= 0.3 is 5.97 Å². The molecule has 28 heavy (non-hydrogen) atoms. The van der Waals surface area contributed by atoms with Gasteiger partial charge in [0.1, 0.15) is 5.54 Å². The van der Waals surface area contributed by atoms with E-state index in [0.717, 1.165) is 16.0 Å². The number of rotatable bonds is 4. The Hall–Kier alpha value is -3.06. The molecule has 7 heteroatoms. The predicted octanol–water partition coefficient (Wildman–Crippen LogP) is 1.11. The highest BCUT2D eigenvalue weighted by atomic mass is 16.5. The van der Waals surface area contributed by atoms with Crippen LogP contribution in [0.5, 0.6) is 0 Å². The fourth-order valence-corrected chi connectivity index (χ4v) is 4.52. The first-order valence-corrected chi connectivity index (χ1v) is 9.11. The Morgan fingerprint density at radius 3 is 2.57 bits per heavy atom. The number of carbonyl (C=O) groups excluding carboxylic acids is 3. The van der Waals surface area contributed by atoms with Crippen molar-refractivity contribution >= 4 is 17.8 Å². The Morgan fingerprint density at radius 2 is 1.93 bits per heavy atom. The molecule has 2 amide bonds. The van der Waals surface area contributed by atoms with E-state index in [1.807, 2.05) is 36.4 Å². The lowest BCUT2D eigenvalue weighted by Crippen LogP contribution is -2.57. The van der Waals surface area contributed by atoms with Gasteiger partial charge in [-0.25, -0.2) is 0 Å². The Balaban J connectivity index is 1.86. The molecule has 2 aliphatic rings. The van der Waals surface area contributed by atoms with Crippen molar-refractivity contribution in [2.75, 3.05) is 14.2 Å². The number of fused-ring (bicyclic) bond motifs is 1. The molecule has 2 aromatic rings. The van der Waals surface area contributed by atoms with Gasteiger partial charge in [-0.15, -0.1) is 0 Å². The number of methoxy groups -OCH3 is 1. The van der Waals surface area contributed by atoms with Crippen molar-refractivity contribution < 1.29 is 19.1 Å². The van der Waals surface area contributed by atoms with Crippen LogP contribution in [0.25, 0.3) is 0 Å². The van der Waals surface area contributed by atoms with Crippen LogP contribution in [0.15, 0.2) is 54.9 Å². The smallest absolute Gasteiger partial charge is 0.327 e. The summed E-state index contributed by atoms with van der Waals surface area (Å²) in [5.74, 6) is -2.74. The van der Waals surface area contributed by atoms with Crippen LogP contribution >= 0.6 is 0 Å². The molecule has 1 N–H and O–H groups in total. The van der Waals surface area contributed by atoms with E-state index in [1.54, 1.807) is 18.5 Å². The summed E-state index contributed by atoms with van der Waals surface area (Å²) in [6.07, 6.45) is 3.53. The van der Waals surface area contributed by atoms with Gasteiger partial charge in [-0.2, -0.15) is 0 Å². The molecule has 0 aliphatic carbocycles. The van der Waals surface area contributed by atoms with Crippen molar-refractivity contribution in [1.82, 2.24) is 15.2 Å². The second-order valence-corrected chi connectivity index (χ2v) is 7.27. The number of likely N-dealkylation sites (tertiary alicyclic amines) is 1. The summed E-state index contributed by atoms with van der Waals surface area (Å²) in [4.78, 5) is 44.3. The van der Waals surface area contributed by atoms with Crippen LogP contribution in [0.4, 0.5) is 0 Å². The van der Waals surface area contributed by atoms with E-state index in [1.165, 1.54) is 14.2 Å². The second kappa shape index (κ2) is 6.83. The minimum Gasteiger partial charge on any atom is -0.468 e. The van der Waals surface area contributed by atoms with Gasteiger partial charge in [-0.3, -0.25) is 29.6 Å². The first-order chi connectivity index (χ1) is 13.5. The maximum Gasteiger partial charge on any atom is 0.327 e. The van der Waals surface area contributed by atoms with E-state index >= 15 is 0 Å². The number of nitrogens with one attached hydrogen (secondary N) is 1. The lowest BCUT2D eigenvalue weighted by Gasteiger charge is -2.32. The van der Waals surface area contributed by atoms with Crippen LogP contribution in [0, 0.1) is 11.8 Å². The Morgan fingerprint density at radius 1 is 1.18 bits per heavy atom. The zero-order valence-corrected chi connectivity index (χ0v) is 15.7. The third-order valence-corrected chi connectivity index (χ3v) is 5.79. The summed E-state index contributed by atoms with van der Waals surface area (Å²) in [7, 11) is 2.77.